The maximum Gasteiger partial charge on any atom is 0.250 e. The third-order valence-electron chi connectivity index (χ3n) is 3.83. The molecule has 3 nitrogen and oxygen atoms in total. The maximum absolute atomic E-state index is 11.6. The average molecular weight is 296 g/mol. The number of para-hydroxylation sites is 2. The molecule has 0 fully saturated rings. The van der Waals surface area contributed by atoms with Crippen LogP contribution in [-0.2, 0) is 0 Å². The van der Waals surface area contributed by atoms with Gasteiger partial charge in [0.25, 0.3) is 5.91 Å². The molecule has 2 rings (SSSR count). The summed E-state index contributed by atoms with van der Waals surface area (Å²) < 4.78 is 0. The molecule has 0 heterocycles. The summed E-state index contributed by atoms with van der Waals surface area (Å²) in [7, 11) is 0. The molecule has 0 aliphatic rings. The molecule has 0 radical (unpaired) electrons. The first-order valence-corrected chi connectivity index (χ1v) is 7.70. The van der Waals surface area contributed by atoms with Gasteiger partial charge in [0.1, 0.15) is 0 Å². The topological polar surface area (TPSA) is 55.1 Å². The van der Waals surface area contributed by atoms with Crippen LogP contribution in [0.4, 0.5) is 11.4 Å². The van der Waals surface area contributed by atoms with E-state index >= 15 is 0 Å². The Morgan fingerprint density at radius 3 is 1.95 bits per heavy atom. The van der Waals surface area contributed by atoms with Crippen molar-refractivity contribution in [3.8, 4) is 0 Å². The SMILES string of the molecule is CC(C)c1cccc(C(C)C)c1Nc1ccccc1C(N)=O. The van der Waals surface area contributed by atoms with Crippen LogP contribution >= 0.6 is 0 Å². The predicted molar refractivity (Wildman–Crippen MR) is 92.9 cm³/mol. The highest BCUT2D eigenvalue weighted by Gasteiger charge is 2.16. The van der Waals surface area contributed by atoms with Gasteiger partial charge in [0.2, 0.25) is 0 Å². The first kappa shape index (κ1) is 16.1. The molecule has 116 valence electrons. The Labute approximate surface area is 132 Å². The Balaban J connectivity index is 2.56. The maximum atomic E-state index is 11.6. The molecule has 0 aliphatic carbocycles. The first-order chi connectivity index (χ1) is 10.4. The summed E-state index contributed by atoms with van der Waals surface area (Å²) in [4.78, 5) is 11.6. The molecule has 0 aromatic heterocycles. The number of carbonyl (C=O) groups is 1. The highest BCUT2D eigenvalue weighted by atomic mass is 16.1. The number of primary amides is 1. The summed E-state index contributed by atoms with van der Waals surface area (Å²) in [5.41, 5.74) is 10.3. The van der Waals surface area contributed by atoms with Gasteiger partial charge in [-0.05, 0) is 35.1 Å². The van der Waals surface area contributed by atoms with Gasteiger partial charge >= 0.3 is 0 Å². The summed E-state index contributed by atoms with van der Waals surface area (Å²) in [5, 5.41) is 3.45. The molecule has 0 spiro atoms. The average Bonchev–Trinajstić information content (AvgIpc) is 2.47. The molecule has 0 atom stereocenters. The van der Waals surface area contributed by atoms with E-state index in [0.29, 0.717) is 17.4 Å². The van der Waals surface area contributed by atoms with Crippen molar-refractivity contribution in [2.75, 3.05) is 5.32 Å². The van der Waals surface area contributed by atoms with Gasteiger partial charge in [-0.2, -0.15) is 0 Å². The summed E-state index contributed by atoms with van der Waals surface area (Å²) in [6, 6.07) is 13.7. The quantitative estimate of drug-likeness (QED) is 0.834. The van der Waals surface area contributed by atoms with Crippen molar-refractivity contribution in [3.05, 3.63) is 59.2 Å². The smallest absolute Gasteiger partial charge is 0.250 e. The van der Waals surface area contributed by atoms with E-state index in [4.69, 9.17) is 5.73 Å². The van der Waals surface area contributed by atoms with Gasteiger partial charge in [0.05, 0.1) is 11.3 Å². The molecule has 0 aliphatic heterocycles. The molecule has 0 saturated carbocycles. The number of anilines is 2. The van der Waals surface area contributed by atoms with E-state index in [1.807, 2.05) is 18.2 Å². The zero-order valence-electron chi connectivity index (χ0n) is 13.7. The van der Waals surface area contributed by atoms with Crippen LogP contribution in [0.25, 0.3) is 0 Å². The fraction of sp³-hybridized carbons (Fsp3) is 0.316. The molecule has 22 heavy (non-hydrogen) atoms. The zero-order valence-corrected chi connectivity index (χ0v) is 13.7. The Morgan fingerprint density at radius 1 is 0.909 bits per heavy atom. The Morgan fingerprint density at radius 2 is 1.45 bits per heavy atom. The number of nitrogens with one attached hydrogen (secondary N) is 1. The first-order valence-electron chi connectivity index (χ1n) is 7.70. The molecular formula is C19H24N2O. The molecule has 2 aromatic rings. The van der Waals surface area contributed by atoms with E-state index in [0.717, 1.165) is 11.4 Å². The van der Waals surface area contributed by atoms with Crippen molar-refractivity contribution in [3.63, 3.8) is 0 Å². The van der Waals surface area contributed by atoms with Crippen molar-refractivity contribution in [2.45, 2.75) is 39.5 Å². The molecule has 3 N–H and O–H groups in total. The molecule has 2 aromatic carbocycles. The zero-order chi connectivity index (χ0) is 16.3. The minimum atomic E-state index is -0.420. The van der Waals surface area contributed by atoms with E-state index < -0.39 is 5.91 Å². The van der Waals surface area contributed by atoms with Gasteiger partial charge in [0, 0.05) is 5.69 Å². The van der Waals surface area contributed by atoms with E-state index in [2.05, 4.69) is 51.2 Å². The van der Waals surface area contributed by atoms with E-state index in [9.17, 15) is 4.79 Å². The standard InChI is InChI=1S/C19H24N2O/c1-12(2)14-9-7-10-15(13(3)4)18(14)21-17-11-6-5-8-16(17)19(20)22/h5-13,21H,1-4H3,(H2,20,22). The second-order valence-corrected chi connectivity index (χ2v) is 6.16. The monoisotopic (exact) mass is 296 g/mol. The van der Waals surface area contributed by atoms with Crippen LogP contribution in [0.2, 0.25) is 0 Å². The normalized spacial score (nSPS) is 11.0. The fourth-order valence-electron chi connectivity index (χ4n) is 2.64. The number of rotatable bonds is 5. The van der Waals surface area contributed by atoms with E-state index in [-0.39, 0.29) is 0 Å². The number of nitrogens with two attached hydrogens (primary N) is 1. The molecule has 3 heteroatoms. The molecule has 1 amide bonds. The predicted octanol–water partition coefficient (Wildman–Crippen LogP) is 4.78. The van der Waals surface area contributed by atoms with Gasteiger partial charge in [-0.25, -0.2) is 0 Å². The fourth-order valence-corrected chi connectivity index (χ4v) is 2.64. The second kappa shape index (κ2) is 6.65. The summed E-state index contributed by atoms with van der Waals surface area (Å²) in [6.45, 7) is 8.68. The number of benzene rings is 2. The van der Waals surface area contributed by atoms with Gasteiger partial charge < -0.3 is 11.1 Å². The summed E-state index contributed by atoms with van der Waals surface area (Å²) >= 11 is 0. The largest absolute Gasteiger partial charge is 0.366 e. The van der Waals surface area contributed by atoms with Crippen molar-refractivity contribution in [2.24, 2.45) is 5.73 Å². The number of amides is 1. The number of hydrogen-bond acceptors (Lipinski definition) is 2. The third-order valence-corrected chi connectivity index (χ3v) is 3.83. The van der Waals surface area contributed by atoms with E-state index in [1.54, 1.807) is 6.07 Å². The van der Waals surface area contributed by atoms with Crippen LogP contribution in [0.3, 0.4) is 0 Å². The van der Waals surface area contributed by atoms with Gasteiger partial charge in [0.15, 0.2) is 0 Å². The molecule has 0 bridgehead atoms. The van der Waals surface area contributed by atoms with Crippen molar-refractivity contribution in [1.29, 1.82) is 0 Å². The Bertz CT molecular complexity index is 649. The van der Waals surface area contributed by atoms with Crippen LogP contribution in [0, 0.1) is 0 Å². The van der Waals surface area contributed by atoms with Crippen LogP contribution in [0.15, 0.2) is 42.5 Å². The van der Waals surface area contributed by atoms with Crippen LogP contribution in [0.1, 0.15) is 61.0 Å². The van der Waals surface area contributed by atoms with Crippen LogP contribution in [0.5, 0.6) is 0 Å². The molecule has 0 saturated heterocycles. The lowest BCUT2D eigenvalue weighted by atomic mass is 9.92. The lowest BCUT2D eigenvalue weighted by Gasteiger charge is -2.21. The van der Waals surface area contributed by atoms with Crippen molar-refractivity contribution >= 4 is 17.3 Å². The Hall–Kier alpha value is -2.29. The van der Waals surface area contributed by atoms with Crippen molar-refractivity contribution in [1.82, 2.24) is 0 Å². The van der Waals surface area contributed by atoms with Crippen molar-refractivity contribution < 1.29 is 4.79 Å². The Kier molecular flexibility index (Phi) is 4.86. The van der Waals surface area contributed by atoms with Gasteiger partial charge in [-0.1, -0.05) is 58.0 Å². The third kappa shape index (κ3) is 3.30. The lowest BCUT2D eigenvalue weighted by Crippen LogP contribution is -2.14. The highest BCUT2D eigenvalue weighted by molar-refractivity contribution is 5.99. The van der Waals surface area contributed by atoms with Gasteiger partial charge in [-0.15, -0.1) is 0 Å². The number of hydrogen-bond donors (Lipinski definition) is 2. The minimum absolute atomic E-state index is 0.391. The van der Waals surface area contributed by atoms with Crippen LogP contribution < -0.4 is 11.1 Å². The summed E-state index contributed by atoms with van der Waals surface area (Å²) in [5.74, 6) is 0.361. The lowest BCUT2D eigenvalue weighted by molar-refractivity contribution is 0.100. The summed E-state index contributed by atoms with van der Waals surface area (Å²) in [6.07, 6.45) is 0. The van der Waals surface area contributed by atoms with Gasteiger partial charge in [-0.3, -0.25) is 4.79 Å². The molecular weight excluding hydrogens is 272 g/mol. The highest BCUT2D eigenvalue weighted by Crippen LogP contribution is 2.35. The number of carbonyl (C=O) groups excluding carboxylic acids is 1. The second-order valence-electron chi connectivity index (χ2n) is 6.16. The minimum Gasteiger partial charge on any atom is -0.366 e. The van der Waals surface area contributed by atoms with E-state index in [1.165, 1.54) is 11.1 Å². The molecule has 0 unspecified atom stereocenters. The van der Waals surface area contributed by atoms with Crippen LogP contribution in [-0.4, -0.2) is 5.91 Å².